The van der Waals surface area contributed by atoms with Crippen molar-refractivity contribution >= 4 is 5.82 Å². The molecule has 0 amide bonds. The Bertz CT molecular complexity index is 923. The van der Waals surface area contributed by atoms with Crippen LogP contribution < -0.4 is 9.64 Å². The van der Waals surface area contributed by atoms with Gasteiger partial charge in [0.2, 0.25) is 11.7 Å². The molecular weight excluding hydrogens is 354 g/mol. The first-order valence-electron chi connectivity index (χ1n) is 9.49. The molecule has 3 aromatic rings. The average Bonchev–Trinajstić information content (AvgIpc) is 3.38. The number of anilines is 1. The molecule has 7 heteroatoms. The van der Waals surface area contributed by atoms with E-state index in [0.29, 0.717) is 11.7 Å². The second kappa shape index (κ2) is 7.98. The quantitative estimate of drug-likeness (QED) is 0.649. The lowest BCUT2D eigenvalue weighted by Gasteiger charge is -2.22. The van der Waals surface area contributed by atoms with E-state index in [9.17, 15) is 0 Å². The van der Waals surface area contributed by atoms with Crippen molar-refractivity contribution in [3.8, 4) is 17.1 Å². The summed E-state index contributed by atoms with van der Waals surface area (Å²) in [6.45, 7) is 1.80. The first kappa shape index (κ1) is 18.4. The number of para-hydroxylation sites is 1. The summed E-state index contributed by atoms with van der Waals surface area (Å²) >= 11 is 0. The van der Waals surface area contributed by atoms with Gasteiger partial charge in [-0.1, -0.05) is 23.4 Å². The van der Waals surface area contributed by atoms with Crippen LogP contribution in [0.2, 0.25) is 0 Å². The molecule has 1 aliphatic heterocycles. The molecule has 0 unspecified atom stereocenters. The molecule has 2 aromatic heterocycles. The summed E-state index contributed by atoms with van der Waals surface area (Å²) in [6.07, 6.45) is 3.90. The van der Waals surface area contributed by atoms with Crippen LogP contribution in [0.25, 0.3) is 11.4 Å². The van der Waals surface area contributed by atoms with Crippen molar-refractivity contribution in [1.82, 2.24) is 20.0 Å². The molecule has 146 valence electrons. The Balaban J connectivity index is 1.52. The molecule has 0 spiro atoms. The van der Waals surface area contributed by atoms with Crippen molar-refractivity contribution in [3.05, 3.63) is 54.0 Å². The number of hydrogen-bond acceptors (Lipinski definition) is 7. The fourth-order valence-corrected chi connectivity index (χ4v) is 3.62. The lowest BCUT2D eigenvalue weighted by molar-refractivity contribution is 0.199. The maximum absolute atomic E-state index is 5.63. The second-order valence-corrected chi connectivity index (χ2v) is 7.20. The van der Waals surface area contributed by atoms with Gasteiger partial charge in [-0.05, 0) is 37.6 Å². The van der Waals surface area contributed by atoms with E-state index in [2.05, 4.69) is 26.1 Å². The van der Waals surface area contributed by atoms with Gasteiger partial charge in [0.25, 0.3) is 0 Å². The molecular formula is C21H25N5O2. The number of nitrogens with zero attached hydrogens (tertiary/aromatic N) is 5. The number of rotatable bonds is 6. The van der Waals surface area contributed by atoms with Gasteiger partial charge in [-0.3, -0.25) is 4.90 Å². The fourth-order valence-electron chi connectivity index (χ4n) is 3.62. The van der Waals surface area contributed by atoms with Crippen molar-refractivity contribution in [2.45, 2.75) is 25.4 Å². The van der Waals surface area contributed by atoms with Gasteiger partial charge in [0.15, 0.2) is 0 Å². The number of benzene rings is 1. The van der Waals surface area contributed by atoms with Crippen molar-refractivity contribution < 1.29 is 9.26 Å². The van der Waals surface area contributed by atoms with E-state index in [4.69, 9.17) is 9.26 Å². The summed E-state index contributed by atoms with van der Waals surface area (Å²) in [5.41, 5.74) is 2.02. The summed E-state index contributed by atoms with van der Waals surface area (Å²) in [7, 11) is 5.63. The zero-order valence-corrected chi connectivity index (χ0v) is 16.5. The highest BCUT2D eigenvalue weighted by Crippen LogP contribution is 2.34. The largest absolute Gasteiger partial charge is 0.496 e. The number of ether oxygens (including phenoxy) is 1. The Kier molecular flexibility index (Phi) is 5.25. The number of hydrogen-bond donors (Lipinski definition) is 0. The molecule has 3 heterocycles. The predicted octanol–water partition coefficient (Wildman–Crippen LogP) is 3.54. The van der Waals surface area contributed by atoms with Crippen LogP contribution in [0.3, 0.4) is 0 Å². The average molecular weight is 379 g/mol. The standard InChI is InChI=1S/C21H25N5O2/c1-25(2)19-11-10-15(13-22-19)20-23-21(28-24-20)17-8-6-12-26(17)14-16-7-4-5-9-18(16)27-3/h4-5,7,9-11,13,17H,6,8,12,14H2,1-3H3/t17-/m0/s1. The highest BCUT2D eigenvalue weighted by atomic mass is 16.5. The van der Waals surface area contributed by atoms with E-state index in [1.54, 1.807) is 13.3 Å². The van der Waals surface area contributed by atoms with Crippen LogP contribution in [-0.4, -0.2) is 47.8 Å². The summed E-state index contributed by atoms with van der Waals surface area (Å²) in [5.74, 6) is 3.05. The van der Waals surface area contributed by atoms with Crippen molar-refractivity contribution in [2.24, 2.45) is 0 Å². The van der Waals surface area contributed by atoms with Crippen LogP contribution in [0.4, 0.5) is 5.82 Å². The van der Waals surface area contributed by atoms with Gasteiger partial charge >= 0.3 is 0 Å². The molecule has 28 heavy (non-hydrogen) atoms. The van der Waals surface area contributed by atoms with Gasteiger partial charge in [0, 0.05) is 38.0 Å². The van der Waals surface area contributed by atoms with E-state index < -0.39 is 0 Å². The second-order valence-electron chi connectivity index (χ2n) is 7.20. The molecule has 7 nitrogen and oxygen atoms in total. The molecule has 1 aromatic carbocycles. The van der Waals surface area contributed by atoms with Gasteiger partial charge < -0.3 is 14.2 Å². The van der Waals surface area contributed by atoms with Crippen LogP contribution in [0.1, 0.15) is 30.3 Å². The third kappa shape index (κ3) is 3.71. The smallest absolute Gasteiger partial charge is 0.244 e. The highest BCUT2D eigenvalue weighted by molar-refractivity contribution is 5.55. The van der Waals surface area contributed by atoms with Crippen LogP contribution in [-0.2, 0) is 6.54 Å². The Hall–Kier alpha value is -2.93. The highest BCUT2D eigenvalue weighted by Gasteiger charge is 2.31. The zero-order valence-electron chi connectivity index (χ0n) is 16.5. The minimum Gasteiger partial charge on any atom is -0.496 e. The van der Waals surface area contributed by atoms with Gasteiger partial charge in [0.05, 0.1) is 13.2 Å². The molecule has 0 aliphatic carbocycles. The SMILES string of the molecule is COc1ccccc1CN1CCC[C@H]1c1nc(-c2ccc(N(C)C)nc2)no1. The molecule has 1 fully saturated rings. The topological polar surface area (TPSA) is 67.5 Å². The Morgan fingerprint density at radius 1 is 1.21 bits per heavy atom. The van der Waals surface area contributed by atoms with Crippen LogP contribution in [0, 0.1) is 0 Å². The minimum atomic E-state index is 0.125. The molecule has 1 atom stereocenters. The van der Waals surface area contributed by atoms with E-state index in [-0.39, 0.29) is 6.04 Å². The summed E-state index contributed by atoms with van der Waals surface area (Å²) in [5, 5.41) is 4.19. The molecule has 1 aliphatic rings. The summed E-state index contributed by atoms with van der Waals surface area (Å²) in [6, 6.07) is 12.2. The molecule has 0 bridgehead atoms. The number of pyridine rings is 1. The third-order valence-corrected chi connectivity index (χ3v) is 5.12. The predicted molar refractivity (Wildman–Crippen MR) is 107 cm³/mol. The molecule has 0 saturated carbocycles. The van der Waals surface area contributed by atoms with E-state index >= 15 is 0 Å². The Morgan fingerprint density at radius 3 is 2.82 bits per heavy atom. The van der Waals surface area contributed by atoms with Crippen molar-refractivity contribution in [1.29, 1.82) is 0 Å². The lowest BCUT2D eigenvalue weighted by atomic mass is 10.1. The van der Waals surface area contributed by atoms with Crippen LogP contribution in [0.5, 0.6) is 5.75 Å². The van der Waals surface area contributed by atoms with E-state index in [1.165, 1.54) is 5.56 Å². The number of methoxy groups -OCH3 is 1. The lowest BCUT2D eigenvalue weighted by Crippen LogP contribution is -2.23. The number of aromatic nitrogens is 3. The van der Waals surface area contributed by atoms with E-state index in [1.807, 2.05) is 49.3 Å². The summed E-state index contributed by atoms with van der Waals surface area (Å²) < 4.78 is 11.1. The summed E-state index contributed by atoms with van der Waals surface area (Å²) in [4.78, 5) is 13.4. The first-order chi connectivity index (χ1) is 13.7. The minimum absolute atomic E-state index is 0.125. The van der Waals surface area contributed by atoms with Gasteiger partial charge in [0.1, 0.15) is 11.6 Å². The first-order valence-corrected chi connectivity index (χ1v) is 9.49. The normalized spacial score (nSPS) is 17.0. The third-order valence-electron chi connectivity index (χ3n) is 5.12. The maximum Gasteiger partial charge on any atom is 0.244 e. The zero-order chi connectivity index (χ0) is 19.5. The Morgan fingerprint density at radius 2 is 2.07 bits per heavy atom. The molecule has 0 N–H and O–H groups in total. The van der Waals surface area contributed by atoms with Gasteiger partial charge in [-0.25, -0.2) is 4.98 Å². The number of likely N-dealkylation sites (tertiary alicyclic amines) is 1. The van der Waals surface area contributed by atoms with Crippen molar-refractivity contribution in [3.63, 3.8) is 0 Å². The fraction of sp³-hybridized carbons (Fsp3) is 0.381. The van der Waals surface area contributed by atoms with Crippen LogP contribution in [0.15, 0.2) is 47.1 Å². The maximum atomic E-state index is 5.63. The molecule has 0 radical (unpaired) electrons. The monoisotopic (exact) mass is 379 g/mol. The molecule has 1 saturated heterocycles. The Labute approximate surface area is 164 Å². The van der Waals surface area contributed by atoms with Gasteiger partial charge in [-0.15, -0.1) is 0 Å². The van der Waals surface area contributed by atoms with E-state index in [0.717, 1.165) is 43.1 Å². The van der Waals surface area contributed by atoms with Crippen molar-refractivity contribution in [2.75, 3.05) is 32.6 Å². The molecule has 4 rings (SSSR count). The van der Waals surface area contributed by atoms with Gasteiger partial charge in [-0.2, -0.15) is 4.98 Å². The van der Waals surface area contributed by atoms with Crippen LogP contribution >= 0.6 is 0 Å².